The number of halogens is 1. The van der Waals surface area contributed by atoms with Gasteiger partial charge in [-0.05, 0) is 12.1 Å². The van der Waals surface area contributed by atoms with Gasteiger partial charge in [-0.25, -0.2) is 0 Å². The molecule has 0 saturated carbocycles. The Hall–Kier alpha value is -2.90. The summed E-state index contributed by atoms with van der Waals surface area (Å²) in [6.07, 6.45) is 0.200. The Bertz CT molecular complexity index is 915. The summed E-state index contributed by atoms with van der Waals surface area (Å²) in [5, 5.41) is 3.13. The van der Waals surface area contributed by atoms with Gasteiger partial charge in [-0.2, -0.15) is 0 Å². The minimum absolute atomic E-state index is 0.0151. The molecule has 158 valence electrons. The smallest absolute Gasteiger partial charge is 0.307 e. The third-order valence-electron chi connectivity index (χ3n) is 4.47. The summed E-state index contributed by atoms with van der Waals surface area (Å²) in [7, 11) is 0. The van der Waals surface area contributed by atoms with Gasteiger partial charge < -0.3 is 19.5 Å². The third-order valence-corrected chi connectivity index (χ3v) is 4.68. The maximum absolute atomic E-state index is 12.0. The summed E-state index contributed by atoms with van der Waals surface area (Å²) in [5.41, 5.74) is 2.04. The van der Waals surface area contributed by atoms with Crippen LogP contribution in [0.3, 0.4) is 0 Å². The highest BCUT2D eigenvalue weighted by molar-refractivity contribution is 6.30. The largest absolute Gasteiger partial charge is 0.467 e. The Labute approximate surface area is 179 Å². The van der Waals surface area contributed by atoms with Gasteiger partial charge in [0, 0.05) is 41.1 Å². The van der Waals surface area contributed by atoms with Crippen molar-refractivity contribution in [2.24, 2.45) is 0 Å². The number of benzene rings is 2. The zero-order valence-electron chi connectivity index (χ0n) is 16.3. The topological polar surface area (TPSA) is 90.9 Å². The molecule has 2 aromatic carbocycles. The Morgan fingerprint density at radius 2 is 1.87 bits per heavy atom. The third kappa shape index (κ3) is 6.30. The molecule has 30 heavy (non-hydrogen) atoms. The Kier molecular flexibility index (Phi) is 7.82. The van der Waals surface area contributed by atoms with Crippen molar-refractivity contribution in [3.63, 3.8) is 0 Å². The predicted molar refractivity (Wildman–Crippen MR) is 109 cm³/mol. The second-order valence-corrected chi connectivity index (χ2v) is 7.15. The molecule has 0 fully saturated rings. The van der Waals surface area contributed by atoms with Crippen molar-refractivity contribution in [3.05, 3.63) is 64.2 Å². The zero-order chi connectivity index (χ0) is 21.3. The molecule has 0 aliphatic carbocycles. The van der Waals surface area contributed by atoms with E-state index in [1.165, 1.54) is 0 Å². The molecular weight excluding hydrogens is 410 g/mol. The Balaban J connectivity index is 1.37. The number of amides is 1. The van der Waals surface area contributed by atoms with Crippen LogP contribution < -0.4 is 10.1 Å². The van der Waals surface area contributed by atoms with E-state index >= 15 is 0 Å². The highest BCUT2D eigenvalue weighted by Gasteiger charge is 2.17. The van der Waals surface area contributed by atoms with Crippen LogP contribution in [0.2, 0.25) is 5.02 Å². The lowest BCUT2D eigenvalue weighted by atomic mass is 10.1. The summed E-state index contributed by atoms with van der Waals surface area (Å²) < 4.78 is 16.0. The van der Waals surface area contributed by atoms with Crippen LogP contribution in [0.5, 0.6) is 5.75 Å². The van der Waals surface area contributed by atoms with Crippen LogP contribution >= 0.6 is 11.6 Å². The van der Waals surface area contributed by atoms with Crippen molar-refractivity contribution in [1.29, 1.82) is 0 Å². The summed E-state index contributed by atoms with van der Waals surface area (Å²) in [6, 6.07) is 12.2. The average molecular weight is 432 g/mol. The standard InChI is InChI=1S/C22H22ClNO6/c23-18-10-16-12-28-14-30-22(16)17(11-18)13-29-21(27)8-9-24-20(26)7-6-19(25)15-4-2-1-3-5-15/h1-5,10-11H,6-9,12-14H2,(H,24,26). The van der Waals surface area contributed by atoms with E-state index in [4.69, 9.17) is 25.8 Å². The van der Waals surface area contributed by atoms with Gasteiger partial charge in [-0.3, -0.25) is 14.4 Å². The molecule has 7 nitrogen and oxygen atoms in total. The molecule has 1 amide bonds. The molecular formula is C22H22ClNO6. The first-order chi connectivity index (χ1) is 14.5. The van der Waals surface area contributed by atoms with E-state index in [1.807, 2.05) is 6.07 Å². The van der Waals surface area contributed by atoms with Crippen LogP contribution in [0, 0.1) is 0 Å². The van der Waals surface area contributed by atoms with Gasteiger partial charge in [0.1, 0.15) is 12.4 Å². The monoisotopic (exact) mass is 431 g/mol. The van der Waals surface area contributed by atoms with Crippen molar-refractivity contribution in [3.8, 4) is 5.75 Å². The molecule has 1 aliphatic heterocycles. The van der Waals surface area contributed by atoms with E-state index in [0.717, 1.165) is 5.56 Å². The zero-order valence-corrected chi connectivity index (χ0v) is 17.1. The minimum Gasteiger partial charge on any atom is -0.467 e. The Morgan fingerprint density at radius 1 is 1.07 bits per heavy atom. The van der Waals surface area contributed by atoms with Crippen LogP contribution in [-0.4, -0.2) is 31.0 Å². The van der Waals surface area contributed by atoms with Crippen LogP contribution in [0.25, 0.3) is 0 Å². The normalized spacial score (nSPS) is 12.4. The fraction of sp³-hybridized carbons (Fsp3) is 0.318. The summed E-state index contributed by atoms with van der Waals surface area (Å²) in [4.78, 5) is 35.9. The molecule has 0 atom stereocenters. The molecule has 3 rings (SSSR count). The number of esters is 1. The van der Waals surface area contributed by atoms with Gasteiger partial charge in [0.25, 0.3) is 0 Å². The van der Waals surface area contributed by atoms with E-state index in [0.29, 0.717) is 28.5 Å². The number of hydrogen-bond donors (Lipinski definition) is 1. The minimum atomic E-state index is -0.462. The van der Waals surface area contributed by atoms with Crippen molar-refractivity contribution >= 4 is 29.3 Å². The second-order valence-electron chi connectivity index (χ2n) is 6.71. The molecule has 8 heteroatoms. The fourth-order valence-electron chi connectivity index (χ4n) is 2.98. The summed E-state index contributed by atoms with van der Waals surface area (Å²) in [6.45, 7) is 0.667. The molecule has 0 radical (unpaired) electrons. The number of carbonyl (C=O) groups is 3. The second kappa shape index (κ2) is 10.8. The molecule has 1 aliphatic rings. The molecule has 2 aromatic rings. The van der Waals surface area contributed by atoms with Gasteiger partial charge in [0.2, 0.25) is 5.91 Å². The number of ketones is 1. The van der Waals surface area contributed by atoms with Crippen molar-refractivity contribution in [2.75, 3.05) is 13.3 Å². The van der Waals surface area contributed by atoms with Crippen molar-refractivity contribution in [1.82, 2.24) is 5.32 Å². The Morgan fingerprint density at radius 3 is 2.67 bits per heavy atom. The molecule has 1 N–H and O–H groups in total. The first-order valence-corrected chi connectivity index (χ1v) is 9.93. The van der Waals surface area contributed by atoms with Crippen molar-refractivity contribution in [2.45, 2.75) is 32.5 Å². The average Bonchev–Trinajstić information content (AvgIpc) is 2.76. The van der Waals surface area contributed by atoms with Crippen LogP contribution in [0.1, 0.15) is 40.7 Å². The molecule has 0 bridgehead atoms. The van der Waals surface area contributed by atoms with E-state index in [-0.39, 0.29) is 50.9 Å². The number of nitrogens with one attached hydrogen (secondary N) is 1. The van der Waals surface area contributed by atoms with Gasteiger partial charge in [0.05, 0.1) is 13.0 Å². The van der Waals surface area contributed by atoms with E-state index in [1.54, 1.807) is 36.4 Å². The number of rotatable bonds is 9. The highest BCUT2D eigenvalue weighted by Crippen LogP contribution is 2.32. The first kappa shape index (κ1) is 21.8. The lowest BCUT2D eigenvalue weighted by molar-refractivity contribution is -0.144. The van der Waals surface area contributed by atoms with Gasteiger partial charge in [0.15, 0.2) is 12.6 Å². The van der Waals surface area contributed by atoms with Crippen LogP contribution in [0.4, 0.5) is 0 Å². The number of hydrogen-bond acceptors (Lipinski definition) is 6. The van der Waals surface area contributed by atoms with E-state index < -0.39 is 5.97 Å². The van der Waals surface area contributed by atoms with Gasteiger partial charge in [-0.15, -0.1) is 0 Å². The predicted octanol–water partition coefficient (Wildman–Crippen LogP) is 3.42. The molecule has 0 aromatic heterocycles. The fourth-order valence-corrected chi connectivity index (χ4v) is 3.25. The number of fused-ring (bicyclic) bond motifs is 1. The first-order valence-electron chi connectivity index (χ1n) is 9.55. The highest BCUT2D eigenvalue weighted by atomic mass is 35.5. The number of carbonyl (C=O) groups excluding carboxylic acids is 3. The maximum atomic E-state index is 12.0. The van der Waals surface area contributed by atoms with Crippen LogP contribution in [0.15, 0.2) is 42.5 Å². The number of ether oxygens (including phenoxy) is 3. The van der Waals surface area contributed by atoms with E-state index in [2.05, 4.69) is 5.32 Å². The lowest BCUT2D eigenvalue weighted by Crippen LogP contribution is -2.26. The molecule has 0 spiro atoms. The summed E-state index contributed by atoms with van der Waals surface area (Å²) in [5.74, 6) is -0.224. The van der Waals surface area contributed by atoms with E-state index in [9.17, 15) is 14.4 Å². The van der Waals surface area contributed by atoms with Gasteiger partial charge in [-0.1, -0.05) is 41.9 Å². The van der Waals surface area contributed by atoms with Crippen molar-refractivity contribution < 1.29 is 28.6 Å². The maximum Gasteiger partial charge on any atom is 0.307 e. The SMILES string of the molecule is O=C(CCC(=O)c1ccccc1)NCCC(=O)OCc1cc(Cl)cc2c1OCOC2. The summed E-state index contributed by atoms with van der Waals surface area (Å²) >= 11 is 6.08. The van der Waals surface area contributed by atoms with Gasteiger partial charge >= 0.3 is 5.97 Å². The van der Waals surface area contributed by atoms with Crippen LogP contribution in [-0.2, 0) is 32.3 Å². The molecule has 0 saturated heterocycles. The lowest BCUT2D eigenvalue weighted by Gasteiger charge is -2.21. The number of Topliss-reactive ketones (excluding diaryl/α,β-unsaturated/α-hetero) is 1. The molecule has 1 heterocycles. The molecule has 0 unspecified atom stereocenters. The quantitative estimate of drug-likeness (QED) is 0.483.